The number of hydrogen-bond acceptors (Lipinski definition) is 10. The monoisotopic (exact) mass is 599 g/mol. The SMILES string of the molecule is CN(C)/C=N/c1ccn(C2COC(COC(=O)C(C)(C)CCC(=O)N(Cc3ccccc3)C(=O)OC(C)(C)C)O2)c(=O)n1. The van der Waals surface area contributed by atoms with Gasteiger partial charge in [-0.3, -0.25) is 14.2 Å². The zero-order valence-electron chi connectivity index (χ0n) is 25.8. The second-order valence-electron chi connectivity index (χ2n) is 12.0. The van der Waals surface area contributed by atoms with Crippen LogP contribution in [0.3, 0.4) is 0 Å². The molecule has 1 fully saturated rings. The lowest BCUT2D eigenvalue weighted by molar-refractivity contribution is -0.169. The number of ether oxygens (including phenoxy) is 4. The normalized spacial score (nSPS) is 17.1. The first kappa shape index (κ1) is 33.4. The predicted molar refractivity (Wildman–Crippen MR) is 157 cm³/mol. The van der Waals surface area contributed by atoms with E-state index >= 15 is 0 Å². The van der Waals surface area contributed by atoms with Gasteiger partial charge in [0.25, 0.3) is 0 Å². The smallest absolute Gasteiger partial charge is 0.417 e. The summed E-state index contributed by atoms with van der Waals surface area (Å²) >= 11 is 0. The number of amides is 2. The molecule has 0 spiro atoms. The molecule has 43 heavy (non-hydrogen) atoms. The number of rotatable bonds is 11. The minimum absolute atomic E-state index is 0.0433. The van der Waals surface area contributed by atoms with Crippen molar-refractivity contribution in [2.24, 2.45) is 10.4 Å². The van der Waals surface area contributed by atoms with Crippen LogP contribution in [-0.4, -0.2) is 82.9 Å². The number of esters is 1. The number of imide groups is 1. The van der Waals surface area contributed by atoms with E-state index in [-0.39, 0.29) is 38.4 Å². The van der Waals surface area contributed by atoms with Gasteiger partial charge in [0.2, 0.25) is 5.91 Å². The lowest BCUT2D eigenvalue weighted by Gasteiger charge is -2.28. The van der Waals surface area contributed by atoms with E-state index in [9.17, 15) is 19.2 Å². The molecule has 2 unspecified atom stereocenters. The first-order chi connectivity index (χ1) is 20.1. The molecule has 0 aliphatic carbocycles. The van der Waals surface area contributed by atoms with Gasteiger partial charge >= 0.3 is 17.8 Å². The van der Waals surface area contributed by atoms with Crippen LogP contribution in [0, 0.1) is 5.41 Å². The van der Waals surface area contributed by atoms with Gasteiger partial charge in [-0.1, -0.05) is 30.3 Å². The molecule has 1 aliphatic heterocycles. The van der Waals surface area contributed by atoms with Crippen LogP contribution < -0.4 is 5.69 Å². The van der Waals surface area contributed by atoms with E-state index in [1.165, 1.54) is 17.1 Å². The summed E-state index contributed by atoms with van der Waals surface area (Å²) in [6.07, 6.45) is 0.693. The molecule has 0 N–H and O–H groups in total. The van der Waals surface area contributed by atoms with Gasteiger partial charge in [-0.2, -0.15) is 4.98 Å². The van der Waals surface area contributed by atoms with Crippen LogP contribution in [0.5, 0.6) is 0 Å². The molecule has 2 aromatic rings. The molecule has 1 aromatic carbocycles. The highest BCUT2D eigenvalue weighted by atomic mass is 16.7. The van der Waals surface area contributed by atoms with Crippen molar-refractivity contribution in [2.45, 2.75) is 72.1 Å². The second-order valence-corrected chi connectivity index (χ2v) is 12.0. The van der Waals surface area contributed by atoms with Crippen molar-refractivity contribution in [3.05, 3.63) is 58.6 Å². The summed E-state index contributed by atoms with van der Waals surface area (Å²) in [5.41, 5.74) is -1.63. The Balaban J connectivity index is 1.54. The van der Waals surface area contributed by atoms with Crippen molar-refractivity contribution < 1.29 is 33.3 Å². The van der Waals surface area contributed by atoms with Gasteiger partial charge in [-0.25, -0.2) is 19.5 Å². The van der Waals surface area contributed by atoms with Crippen LogP contribution in [0.25, 0.3) is 0 Å². The van der Waals surface area contributed by atoms with E-state index in [4.69, 9.17) is 18.9 Å². The van der Waals surface area contributed by atoms with Gasteiger partial charge in [0, 0.05) is 26.7 Å². The van der Waals surface area contributed by atoms with Gasteiger partial charge in [0.05, 0.1) is 24.9 Å². The maximum Gasteiger partial charge on any atom is 0.417 e. The lowest BCUT2D eigenvalue weighted by atomic mass is 9.87. The van der Waals surface area contributed by atoms with Crippen molar-refractivity contribution >= 4 is 30.1 Å². The first-order valence-electron chi connectivity index (χ1n) is 14.0. The van der Waals surface area contributed by atoms with Crippen molar-refractivity contribution in [3.63, 3.8) is 0 Å². The Kier molecular flexibility index (Phi) is 11.2. The van der Waals surface area contributed by atoms with Gasteiger partial charge in [-0.05, 0) is 52.7 Å². The van der Waals surface area contributed by atoms with E-state index in [0.717, 1.165) is 10.5 Å². The standard InChI is InChI=1S/C30H41N5O8/c1-29(2,3)43-28(39)35(17-21-11-9-8-10-12-21)23(36)13-15-30(4,5)26(37)41-19-25-40-18-24(42-25)34-16-14-22(32-27(34)38)31-20-33(6)7/h8-12,14,16,20,24-25H,13,15,17-19H2,1-7H3/b31-20+. The number of carbonyl (C=O) groups is 3. The van der Waals surface area contributed by atoms with Crippen molar-refractivity contribution in [2.75, 3.05) is 27.3 Å². The Morgan fingerprint density at radius 3 is 2.44 bits per heavy atom. The van der Waals surface area contributed by atoms with Crippen LogP contribution in [0.15, 0.2) is 52.4 Å². The number of nitrogens with zero attached hydrogens (tertiary/aromatic N) is 5. The third-order valence-electron chi connectivity index (χ3n) is 6.25. The molecular weight excluding hydrogens is 558 g/mol. The molecule has 13 heteroatoms. The maximum absolute atomic E-state index is 13.2. The molecule has 13 nitrogen and oxygen atoms in total. The number of hydrogen-bond donors (Lipinski definition) is 0. The Morgan fingerprint density at radius 2 is 1.81 bits per heavy atom. The number of aliphatic imine (C=N–C) groups is 1. The minimum atomic E-state index is -1.05. The van der Waals surface area contributed by atoms with Gasteiger partial charge in [0.15, 0.2) is 18.3 Å². The Labute approximate surface area is 251 Å². The highest BCUT2D eigenvalue weighted by molar-refractivity contribution is 5.92. The fourth-order valence-corrected chi connectivity index (χ4v) is 3.88. The predicted octanol–water partition coefficient (Wildman–Crippen LogP) is 3.65. The number of benzene rings is 1. The molecule has 2 amide bonds. The van der Waals surface area contributed by atoms with Crippen molar-refractivity contribution in [3.8, 4) is 0 Å². The summed E-state index contributed by atoms with van der Waals surface area (Å²) < 4.78 is 23.5. The van der Waals surface area contributed by atoms with Gasteiger partial charge in [0.1, 0.15) is 12.2 Å². The summed E-state index contributed by atoms with van der Waals surface area (Å²) in [6, 6.07) is 10.7. The van der Waals surface area contributed by atoms with Crippen LogP contribution in [-0.2, 0) is 35.1 Å². The molecule has 1 saturated heterocycles. The Bertz CT molecular complexity index is 1350. The fraction of sp³-hybridized carbons (Fsp3) is 0.533. The molecule has 1 aliphatic rings. The molecular formula is C30H41N5O8. The summed E-state index contributed by atoms with van der Waals surface area (Å²) in [5, 5.41) is 0. The summed E-state index contributed by atoms with van der Waals surface area (Å²) in [6.45, 7) is 8.38. The van der Waals surface area contributed by atoms with Gasteiger partial charge in [-0.15, -0.1) is 0 Å². The first-order valence-corrected chi connectivity index (χ1v) is 14.0. The molecule has 2 heterocycles. The van der Waals surface area contributed by atoms with Crippen LogP contribution in [0.4, 0.5) is 10.6 Å². The molecule has 0 saturated carbocycles. The summed E-state index contributed by atoms with van der Waals surface area (Å²) in [4.78, 5) is 62.2. The molecule has 3 rings (SSSR count). The van der Waals surface area contributed by atoms with Crippen LogP contribution in [0.1, 0.15) is 59.3 Å². The second kappa shape index (κ2) is 14.4. The van der Waals surface area contributed by atoms with E-state index < -0.39 is 47.2 Å². The maximum atomic E-state index is 13.2. The average Bonchev–Trinajstić information content (AvgIpc) is 3.40. The third kappa shape index (κ3) is 10.3. The summed E-state index contributed by atoms with van der Waals surface area (Å²) in [7, 11) is 3.60. The molecule has 2 atom stereocenters. The zero-order valence-corrected chi connectivity index (χ0v) is 25.8. The topological polar surface area (TPSA) is 142 Å². The molecule has 0 bridgehead atoms. The lowest BCUT2D eigenvalue weighted by Crippen LogP contribution is -2.41. The van der Waals surface area contributed by atoms with Crippen LogP contribution in [0.2, 0.25) is 0 Å². The third-order valence-corrected chi connectivity index (χ3v) is 6.25. The van der Waals surface area contributed by atoms with E-state index in [1.807, 2.05) is 30.3 Å². The van der Waals surface area contributed by atoms with E-state index in [0.29, 0.717) is 0 Å². The zero-order chi connectivity index (χ0) is 31.8. The highest BCUT2D eigenvalue weighted by Crippen LogP contribution is 2.27. The van der Waals surface area contributed by atoms with Crippen molar-refractivity contribution in [1.29, 1.82) is 0 Å². The number of aromatic nitrogens is 2. The summed E-state index contributed by atoms with van der Waals surface area (Å²) in [5.74, 6) is -0.777. The van der Waals surface area contributed by atoms with Crippen LogP contribution >= 0.6 is 0 Å². The minimum Gasteiger partial charge on any atom is -0.460 e. The van der Waals surface area contributed by atoms with Crippen molar-refractivity contribution in [1.82, 2.24) is 19.4 Å². The molecule has 0 radical (unpaired) electrons. The Morgan fingerprint density at radius 1 is 1.12 bits per heavy atom. The quantitative estimate of drug-likeness (QED) is 0.213. The number of carbonyl (C=O) groups excluding carboxylic acids is 3. The fourth-order valence-electron chi connectivity index (χ4n) is 3.88. The Hall–Kier alpha value is -4.10. The van der Waals surface area contributed by atoms with E-state index in [1.54, 1.807) is 59.7 Å². The van der Waals surface area contributed by atoms with E-state index in [2.05, 4.69) is 9.98 Å². The largest absolute Gasteiger partial charge is 0.460 e. The molecule has 1 aromatic heterocycles. The average molecular weight is 600 g/mol. The molecule has 234 valence electrons. The van der Waals surface area contributed by atoms with Gasteiger partial charge < -0.3 is 23.8 Å². The highest BCUT2D eigenvalue weighted by Gasteiger charge is 2.35.